The number of benzene rings is 1. The number of nitrogens with one attached hydrogen (secondary N) is 1. The molecule has 2 rings (SSSR count). The van der Waals surface area contributed by atoms with Crippen LogP contribution in [0.5, 0.6) is 0 Å². The van der Waals surface area contributed by atoms with Gasteiger partial charge in [0, 0.05) is 24.6 Å². The highest BCUT2D eigenvalue weighted by molar-refractivity contribution is 9.10. The zero-order valence-electron chi connectivity index (χ0n) is 11.7. The predicted molar refractivity (Wildman–Crippen MR) is 83.5 cm³/mol. The molecule has 1 aliphatic rings. The predicted octanol–water partition coefficient (Wildman–Crippen LogP) is 2.77. The zero-order valence-corrected chi connectivity index (χ0v) is 13.3. The Labute approximate surface area is 124 Å². The molecule has 0 aliphatic heterocycles. The van der Waals surface area contributed by atoms with Crippen LogP contribution in [0, 0.1) is 5.92 Å². The molecule has 0 atom stereocenters. The number of aliphatic hydroxyl groups is 1. The van der Waals surface area contributed by atoms with Gasteiger partial charge < -0.3 is 15.3 Å². The Morgan fingerprint density at radius 3 is 2.74 bits per heavy atom. The molecular weight excluding hydrogens is 304 g/mol. The zero-order chi connectivity index (χ0) is 13.8. The van der Waals surface area contributed by atoms with Crippen LogP contribution in [0.3, 0.4) is 0 Å². The Bertz CT molecular complexity index is 419. The average Bonchev–Trinajstić information content (AvgIpc) is 2.34. The van der Waals surface area contributed by atoms with E-state index in [2.05, 4.69) is 58.3 Å². The van der Waals surface area contributed by atoms with Gasteiger partial charge in [-0.15, -0.1) is 0 Å². The normalized spacial score (nSPS) is 22.1. The summed E-state index contributed by atoms with van der Waals surface area (Å²) >= 11 is 3.66. The van der Waals surface area contributed by atoms with Crippen molar-refractivity contribution in [3.63, 3.8) is 0 Å². The van der Waals surface area contributed by atoms with Crippen molar-refractivity contribution in [1.82, 2.24) is 5.32 Å². The van der Waals surface area contributed by atoms with Gasteiger partial charge in [0.2, 0.25) is 0 Å². The first-order valence-electron chi connectivity index (χ1n) is 6.98. The third-order valence-electron chi connectivity index (χ3n) is 3.75. The van der Waals surface area contributed by atoms with E-state index in [-0.39, 0.29) is 6.10 Å². The third kappa shape index (κ3) is 3.94. The van der Waals surface area contributed by atoms with E-state index in [1.165, 1.54) is 11.3 Å². The maximum absolute atomic E-state index is 9.34. The number of aliphatic hydroxyl groups excluding tert-OH is 1. The quantitative estimate of drug-likeness (QED) is 0.843. The van der Waals surface area contributed by atoms with E-state index < -0.39 is 0 Å². The molecule has 0 bridgehead atoms. The highest BCUT2D eigenvalue weighted by atomic mass is 79.9. The summed E-state index contributed by atoms with van der Waals surface area (Å²) in [5.41, 5.74) is 2.52. The number of halogens is 1. The molecule has 19 heavy (non-hydrogen) atoms. The summed E-state index contributed by atoms with van der Waals surface area (Å²) in [5.74, 6) is 0.633. The smallest absolute Gasteiger partial charge is 0.0546 e. The first-order valence-corrected chi connectivity index (χ1v) is 7.77. The van der Waals surface area contributed by atoms with E-state index in [4.69, 9.17) is 0 Å². The summed E-state index contributed by atoms with van der Waals surface area (Å²) in [4.78, 5) is 2.28. The molecule has 0 saturated heterocycles. The van der Waals surface area contributed by atoms with Gasteiger partial charge in [0.1, 0.15) is 0 Å². The van der Waals surface area contributed by atoms with E-state index in [1.807, 2.05) is 0 Å². The van der Waals surface area contributed by atoms with Crippen LogP contribution in [0.2, 0.25) is 0 Å². The molecule has 0 spiro atoms. The Kier molecular flexibility index (Phi) is 5.25. The molecule has 1 aromatic carbocycles. The summed E-state index contributed by atoms with van der Waals surface area (Å²) in [6.45, 7) is 5.03. The van der Waals surface area contributed by atoms with Crippen LogP contribution >= 0.6 is 15.9 Å². The molecule has 0 heterocycles. The molecule has 106 valence electrons. The van der Waals surface area contributed by atoms with Crippen LogP contribution in [0.4, 0.5) is 5.69 Å². The van der Waals surface area contributed by atoms with Crippen molar-refractivity contribution in [3.8, 4) is 0 Å². The monoisotopic (exact) mass is 326 g/mol. The molecule has 1 aliphatic carbocycles. The van der Waals surface area contributed by atoms with Gasteiger partial charge in [0.25, 0.3) is 0 Å². The lowest BCUT2D eigenvalue weighted by Gasteiger charge is -2.35. The molecule has 0 radical (unpaired) electrons. The molecule has 3 nitrogen and oxygen atoms in total. The molecule has 1 aromatic rings. The fourth-order valence-electron chi connectivity index (χ4n) is 2.57. The first-order chi connectivity index (χ1) is 9.10. The minimum Gasteiger partial charge on any atom is -0.393 e. The standard InChI is InChI=1S/C15H23BrN2O/c1-3-17-9-11-4-5-15(14(16)8-11)18(2)10-12-6-13(19)7-12/h4-5,8,12-13,17,19H,3,6-7,9-10H2,1-2H3. The van der Waals surface area contributed by atoms with E-state index >= 15 is 0 Å². The van der Waals surface area contributed by atoms with Crippen LogP contribution in [0.15, 0.2) is 22.7 Å². The van der Waals surface area contributed by atoms with Gasteiger partial charge in [-0.3, -0.25) is 0 Å². The highest BCUT2D eigenvalue weighted by Gasteiger charge is 2.28. The van der Waals surface area contributed by atoms with Gasteiger partial charge in [-0.25, -0.2) is 0 Å². The van der Waals surface area contributed by atoms with Crippen molar-refractivity contribution in [2.45, 2.75) is 32.4 Å². The van der Waals surface area contributed by atoms with Crippen LogP contribution in [-0.4, -0.2) is 31.3 Å². The first kappa shape index (κ1) is 14.8. The second-order valence-electron chi connectivity index (χ2n) is 5.44. The third-order valence-corrected chi connectivity index (χ3v) is 4.38. The van der Waals surface area contributed by atoms with Crippen LogP contribution in [-0.2, 0) is 6.54 Å². The van der Waals surface area contributed by atoms with E-state index in [1.54, 1.807) is 0 Å². The van der Waals surface area contributed by atoms with Crippen molar-refractivity contribution >= 4 is 21.6 Å². The molecule has 1 fully saturated rings. The lowest BCUT2D eigenvalue weighted by atomic mass is 9.82. The summed E-state index contributed by atoms with van der Waals surface area (Å²) < 4.78 is 1.14. The van der Waals surface area contributed by atoms with Crippen LogP contribution in [0.1, 0.15) is 25.3 Å². The summed E-state index contributed by atoms with van der Waals surface area (Å²) in [5, 5.41) is 12.7. The van der Waals surface area contributed by atoms with E-state index in [9.17, 15) is 5.11 Å². The van der Waals surface area contributed by atoms with Crippen molar-refractivity contribution in [1.29, 1.82) is 0 Å². The lowest BCUT2D eigenvalue weighted by molar-refractivity contribution is 0.0465. The summed E-state index contributed by atoms with van der Waals surface area (Å²) in [6.07, 6.45) is 1.82. The maximum Gasteiger partial charge on any atom is 0.0546 e. The van der Waals surface area contributed by atoms with Gasteiger partial charge in [-0.2, -0.15) is 0 Å². The van der Waals surface area contributed by atoms with Gasteiger partial charge in [-0.1, -0.05) is 13.0 Å². The van der Waals surface area contributed by atoms with Gasteiger partial charge >= 0.3 is 0 Å². The number of rotatable bonds is 6. The molecule has 0 aromatic heterocycles. The number of nitrogens with zero attached hydrogens (tertiary/aromatic N) is 1. The fourth-order valence-corrected chi connectivity index (χ4v) is 3.30. The largest absolute Gasteiger partial charge is 0.393 e. The molecule has 4 heteroatoms. The molecule has 0 unspecified atom stereocenters. The average molecular weight is 327 g/mol. The maximum atomic E-state index is 9.34. The summed E-state index contributed by atoms with van der Waals surface area (Å²) in [6, 6.07) is 6.53. The summed E-state index contributed by atoms with van der Waals surface area (Å²) in [7, 11) is 2.12. The second-order valence-corrected chi connectivity index (χ2v) is 6.29. The molecule has 1 saturated carbocycles. The minimum absolute atomic E-state index is 0.0654. The van der Waals surface area contributed by atoms with Crippen LogP contribution < -0.4 is 10.2 Å². The van der Waals surface area contributed by atoms with Crippen molar-refractivity contribution in [3.05, 3.63) is 28.2 Å². The molecule has 2 N–H and O–H groups in total. The lowest BCUT2D eigenvalue weighted by Crippen LogP contribution is -2.37. The van der Waals surface area contributed by atoms with Gasteiger partial charge in [0.05, 0.1) is 11.8 Å². The Balaban J connectivity index is 1.95. The number of hydrogen-bond donors (Lipinski definition) is 2. The topological polar surface area (TPSA) is 35.5 Å². The Morgan fingerprint density at radius 2 is 2.16 bits per heavy atom. The van der Waals surface area contributed by atoms with Crippen molar-refractivity contribution in [2.75, 3.05) is 25.0 Å². The fraction of sp³-hybridized carbons (Fsp3) is 0.600. The number of anilines is 1. The van der Waals surface area contributed by atoms with Gasteiger partial charge in [-0.05, 0) is 58.9 Å². The number of hydrogen-bond acceptors (Lipinski definition) is 3. The Morgan fingerprint density at radius 1 is 1.42 bits per heavy atom. The van der Waals surface area contributed by atoms with Crippen LogP contribution in [0.25, 0.3) is 0 Å². The molecule has 0 amide bonds. The van der Waals surface area contributed by atoms with Crippen molar-refractivity contribution in [2.24, 2.45) is 5.92 Å². The Hall–Kier alpha value is -0.580. The van der Waals surface area contributed by atoms with Gasteiger partial charge in [0.15, 0.2) is 0 Å². The minimum atomic E-state index is -0.0654. The highest BCUT2D eigenvalue weighted by Crippen LogP contribution is 2.32. The SMILES string of the molecule is CCNCc1ccc(N(C)CC2CC(O)C2)c(Br)c1. The second kappa shape index (κ2) is 6.73. The molecular formula is C15H23BrN2O. The van der Waals surface area contributed by atoms with E-state index in [0.717, 1.165) is 36.9 Å². The van der Waals surface area contributed by atoms with Crippen molar-refractivity contribution < 1.29 is 5.11 Å². The van der Waals surface area contributed by atoms with E-state index in [0.29, 0.717) is 5.92 Å².